The smallest absolute Gasteiger partial charge is 0.206 e. The van der Waals surface area contributed by atoms with Crippen molar-refractivity contribution in [2.75, 3.05) is 0 Å². The Balaban J connectivity index is 3.58. The minimum absolute atomic E-state index is 0.363. The van der Waals surface area contributed by atoms with Gasteiger partial charge in [0.25, 0.3) is 10.0 Å². The van der Waals surface area contributed by atoms with Gasteiger partial charge in [-0.3, -0.25) is 0 Å². The van der Waals surface area contributed by atoms with E-state index in [2.05, 4.69) is 0 Å². The summed E-state index contributed by atoms with van der Waals surface area (Å²) in [4.78, 5) is 0. The molecular formula is C15H8F17NO2S. The highest BCUT2D eigenvalue weighted by Crippen LogP contribution is 2.64. The molecule has 1 N–H and O–H groups in total. The second-order valence-corrected chi connectivity index (χ2v) is 8.58. The lowest BCUT2D eigenvalue weighted by molar-refractivity contribution is -0.458. The maximum atomic E-state index is 13.8. The number of benzene rings is 1. The molecule has 210 valence electrons. The quantitative estimate of drug-likeness (QED) is 0.337. The molecule has 0 aliphatic heterocycles. The number of nitrogens with one attached hydrogen (secondary N) is 1. The van der Waals surface area contributed by atoms with E-state index in [1.54, 1.807) is 0 Å². The molecule has 1 rings (SSSR count). The van der Waals surface area contributed by atoms with Crippen molar-refractivity contribution in [1.82, 2.24) is 4.72 Å². The summed E-state index contributed by atoms with van der Waals surface area (Å²) in [6, 6.07) is 5.23. The SMILES string of the molecule is O=S(=O)(NCc1ccccc1)C(F)(F)C(F)(F)C(F)(F)C(F)(F)C(F)(F)C(F)(F)C(F)(F)C(F)(F)F. The molecule has 0 radical (unpaired) electrons. The van der Waals surface area contributed by atoms with Crippen LogP contribution in [0.15, 0.2) is 30.3 Å². The monoisotopic (exact) mass is 589 g/mol. The van der Waals surface area contributed by atoms with Gasteiger partial charge in [0.2, 0.25) is 0 Å². The lowest BCUT2D eigenvalue weighted by Crippen LogP contribution is -2.75. The Kier molecular flexibility index (Phi) is 7.78. The molecule has 0 atom stereocenters. The van der Waals surface area contributed by atoms with E-state index in [0.717, 1.165) is 24.3 Å². The molecule has 0 fully saturated rings. The first-order valence-electron chi connectivity index (χ1n) is 8.32. The zero-order valence-electron chi connectivity index (χ0n) is 16.2. The van der Waals surface area contributed by atoms with Crippen LogP contribution < -0.4 is 4.72 Å². The molecule has 0 saturated heterocycles. The van der Waals surface area contributed by atoms with Crippen LogP contribution in [0.2, 0.25) is 0 Å². The van der Waals surface area contributed by atoms with Gasteiger partial charge in [0.05, 0.1) is 0 Å². The van der Waals surface area contributed by atoms with Crippen LogP contribution in [-0.2, 0) is 16.6 Å². The molecule has 0 aliphatic rings. The molecular weight excluding hydrogens is 581 g/mol. The highest BCUT2D eigenvalue weighted by atomic mass is 32.2. The van der Waals surface area contributed by atoms with E-state index >= 15 is 0 Å². The molecule has 0 heterocycles. The lowest BCUT2D eigenvalue weighted by Gasteiger charge is -2.42. The summed E-state index contributed by atoms with van der Waals surface area (Å²) in [6.45, 7) is -1.44. The fraction of sp³-hybridized carbons (Fsp3) is 0.600. The number of hydrogen-bond donors (Lipinski definition) is 1. The molecule has 0 unspecified atom stereocenters. The third-order valence-electron chi connectivity index (χ3n) is 4.34. The molecule has 0 spiro atoms. The summed E-state index contributed by atoms with van der Waals surface area (Å²) in [5.41, 5.74) is -0.363. The van der Waals surface area contributed by atoms with Crippen LogP contribution in [0.4, 0.5) is 74.6 Å². The van der Waals surface area contributed by atoms with Gasteiger partial charge in [-0.2, -0.15) is 74.6 Å². The topological polar surface area (TPSA) is 46.2 Å². The first kappa shape index (κ1) is 32.0. The zero-order valence-corrected chi connectivity index (χ0v) is 17.1. The summed E-state index contributed by atoms with van der Waals surface area (Å²) in [7, 11) is -7.30. The van der Waals surface area contributed by atoms with E-state index in [1.165, 1.54) is 6.07 Å². The molecule has 36 heavy (non-hydrogen) atoms. The highest BCUT2D eigenvalue weighted by Gasteiger charge is 2.96. The largest absolute Gasteiger partial charge is 0.460 e. The van der Waals surface area contributed by atoms with Gasteiger partial charge in [-0.1, -0.05) is 30.3 Å². The van der Waals surface area contributed by atoms with E-state index in [-0.39, 0.29) is 5.56 Å². The van der Waals surface area contributed by atoms with Crippen molar-refractivity contribution in [3.8, 4) is 0 Å². The summed E-state index contributed by atoms with van der Waals surface area (Å²) in [5, 5.41) is -7.57. The summed E-state index contributed by atoms with van der Waals surface area (Å²) in [6.07, 6.45) is -7.87. The Labute approximate surface area is 188 Å². The molecule has 0 aromatic heterocycles. The maximum absolute atomic E-state index is 13.8. The van der Waals surface area contributed by atoms with Gasteiger partial charge in [0.1, 0.15) is 0 Å². The van der Waals surface area contributed by atoms with Crippen LogP contribution in [0.1, 0.15) is 5.56 Å². The number of halogens is 17. The number of hydrogen-bond acceptors (Lipinski definition) is 2. The molecule has 1 aromatic carbocycles. The molecule has 1 aromatic rings. The van der Waals surface area contributed by atoms with Gasteiger partial charge in [-0.05, 0) is 5.56 Å². The van der Waals surface area contributed by atoms with E-state index in [4.69, 9.17) is 0 Å². The molecule has 3 nitrogen and oxygen atoms in total. The van der Waals surface area contributed by atoms with E-state index in [9.17, 15) is 83.1 Å². The second kappa shape index (κ2) is 8.76. The van der Waals surface area contributed by atoms with Crippen molar-refractivity contribution < 1.29 is 83.1 Å². The van der Waals surface area contributed by atoms with Gasteiger partial charge in [0, 0.05) is 6.54 Å². The molecule has 21 heteroatoms. The average molecular weight is 589 g/mol. The fourth-order valence-electron chi connectivity index (χ4n) is 2.18. The predicted molar refractivity (Wildman–Crippen MR) is 82.9 cm³/mol. The normalized spacial score (nSPS) is 15.8. The number of alkyl halides is 17. The van der Waals surface area contributed by atoms with Crippen molar-refractivity contribution in [2.45, 2.75) is 53.5 Å². The highest BCUT2D eigenvalue weighted by molar-refractivity contribution is 7.90. The van der Waals surface area contributed by atoms with Crippen LogP contribution in [0.3, 0.4) is 0 Å². The van der Waals surface area contributed by atoms with Crippen LogP contribution in [0.5, 0.6) is 0 Å². The number of rotatable bonds is 10. The summed E-state index contributed by atoms with van der Waals surface area (Å²) < 4.78 is 248. The van der Waals surface area contributed by atoms with E-state index in [1.807, 2.05) is 0 Å². The molecule has 0 bridgehead atoms. The van der Waals surface area contributed by atoms with Crippen LogP contribution in [-0.4, -0.2) is 55.4 Å². The minimum Gasteiger partial charge on any atom is -0.206 e. The Bertz CT molecular complexity index is 1030. The standard InChI is InChI=1S/C15H8F17NO2S/c16-8(17,10(20,21)12(24,25)14(28,29)30)9(18,19)11(22,23)13(26,27)15(31,32)36(34,35)33-6-7-4-2-1-3-5-7/h1-5,33H,6H2. The zero-order chi connectivity index (χ0) is 29.0. The summed E-state index contributed by atoms with van der Waals surface area (Å²) >= 11 is 0. The van der Waals surface area contributed by atoms with Gasteiger partial charge in [-0.25, -0.2) is 13.1 Å². The Hall–Kier alpha value is -2.06. The molecule has 0 saturated carbocycles. The first-order chi connectivity index (χ1) is 15.6. The van der Waals surface area contributed by atoms with Crippen molar-refractivity contribution in [3.05, 3.63) is 35.9 Å². The van der Waals surface area contributed by atoms with Gasteiger partial charge < -0.3 is 0 Å². The van der Waals surface area contributed by atoms with Crippen LogP contribution in [0, 0.1) is 0 Å². The Morgan fingerprint density at radius 3 is 1.22 bits per heavy atom. The lowest BCUT2D eigenvalue weighted by atomic mass is 9.91. The van der Waals surface area contributed by atoms with Crippen molar-refractivity contribution in [3.63, 3.8) is 0 Å². The molecule has 0 amide bonds. The van der Waals surface area contributed by atoms with Crippen molar-refractivity contribution in [2.24, 2.45) is 0 Å². The van der Waals surface area contributed by atoms with Crippen LogP contribution in [0.25, 0.3) is 0 Å². The minimum atomic E-state index is -8.85. The second-order valence-electron chi connectivity index (χ2n) is 6.77. The number of sulfonamides is 1. The predicted octanol–water partition coefficient (Wildman–Crippen LogP) is 6.07. The van der Waals surface area contributed by atoms with E-state index < -0.39 is 63.5 Å². The Morgan fingerprint density at radius 1 is 0.528 bits per heavy atom. The third-order valence-corrected chi connectivity index (χ3v) is 5.80. The maximum Gasteiger partial charge on any atom is 0.460 e. The Morgan fingerprint density at radius 2 is 0.861 bits per heavy atom. The fourth-order valence-corrected chi connectivity index (χ4v) is 3.19. The third kappa shape index (κ3) is 4.34. The van der Waals surface area contributed by atoms with Crippen molar-refractivity contribution >= 4 is 10.0 Å². The van der Waals surface area contributed by atoms with Gasteiger partial charge >= 0.3 is 47.0 Å². The van der Waals surface area contributed by atoms with Crippen LogP contribution >= 0.6 is 0 Å². The first-order valence-corrected chi connectivity index (χ1v) is 9.81. The van der Waals surface area contributed by atoms with E-state index in [0.29, 0.717) is 4.72 Å². The van der Waals surface area contributed by atoms with Gasteiger partial charge in [0.15, 0.2) is 0 Å². The molecule has 0 aliphatic carbocycles. The summed E-state index contributed by atoms with van der Waals surface area (Å²) in [5.74, 6) is -51.6. The van der Waals surface area contributed by atoms with Gasteiger partial charge in [-0.15, -0.1) is 0 Å². The average Bonchev–Trinajstić information content (AvgIpc) is 2.71. The van der Waals surface area contributed by atoms with Crippen molar-refractivity contribution in [1.29, 1.82) is 0 Å².